The van der Waals surface area contributed by atoms with Gasteiger partial charge in [0.2, 0.25) is 0 Å². The Hall–Kier alpha value is -0.0151. The molecule has 0 radical (unpaired) electrons. The number of hydrogen-bond acceptors (Lipinski definition) is 2. The molecule has 1 aliphatic heterocycles. The van der Waals surface area contributed by atoms with E-state index in [1.807, 2.05) is 0 Å². The summed E-state index contributed by atoms with van der Waals surface area (Å²) < 4.78 is 0. The monoisotopic (exact) mass is 238 g/mol. The molecule has 0 aliphatic carbocycles. The molecule has 0 spiro atoms. The lowest BCUT2D eigenvalue weighted by Crippen LogP contribution is -2.71. The molecule has 2 nitrogen and oxygen atoms in total. The molecule has 2 atom stereocenters. The van der Waals surface area contributed by atoms with E-state index in [4.69, 9.17) is 0 Å². The molecule has 0 amide bonds. The number of piperazine rings is 1. The van der Waals surface area contributed by atoms with Crippen LogP contribution >= 0.6 is 0 Å². The number of hydrogen-bond donors (Lipinski definition) is 0. The molecular formula is C14H31BN2. The third-order valence-corrected chi connectivity index (χ3v) is 3.83. The van der Waals surface area contributed by atoms with Crippen molar-refractivity contribution in [2.75, 3.05) is 13.1 Å². The van der Waals surface area contributed by atoms with Crippen molar-refractivity contribution in [2.24, 2.45) is 0 Å². The van der Waals surface area contributed by atoms with Crippen molar-refractivity contribution in [2.45, 2.75) is 77.9 Å². The van der Waals surface area contributed by atoms with Crippen LogP contribution in [-0.2, 0) is 0 Å². The van der Waals surface area contributed by atoms with Crippen LogP contribution in [0.5, 0.6) is 0 Å². The van der Waals surface area contributed by atoms with Crippen LogP contribution in [0.3, 0.4) is 0 Å². The summed E-state index contributed by atoms with van der Waals surface area (Å²) in [7, 11) is 2.38. The molecule has 0 bridgehead atoms. The van der Waals surface area contributed by atoms with Crippen LogP contribution in [0.4, 0.5) is 0 Å². The molecule has 3 heteroatoms. The van der Waals surface area contributed by atoms with Gasteiger partial charge in [0.15, 0.2) is 0 Å². The quantitative estimate of drug-likeness (QED) is 0.595. The van der Waals surface area contributed by atoms with E-state index in [1.54, 1.807) is 0 Å². The largest absolute Gasteiger partial charge is 0.296 e. The van der Waals surface area contributed by atoms with Gasteiger partial charge in [-0.25, -0.2) is 0 Å². The van der Waals surface area contributed by atoms with E-state index in [0.29, 0.717) is 6.04 Å². The molecule has 1 unspecified atom stereocenters. The maximum absolute atomic E-state index is 2.68. The van der Waals surface area contributed by atoms with Gasteiger partial charge in [-0.15, -0.1) is 0 Å². The van der Waals surface area contributed by atoms with Gasteiger partial charge in [0.25, 0.3) is 0 Å². The summed E-state index contributed by atoms with van der Waals surface area (Å²) in [6.07, 6.45) is 0. The first-order valence-electron chi connectivity index (χ1n) is 6.90. The molecule has 0 aromatic rings. The molecule has 0 aromatic carbocycles. The average Bonchev–Trinajstić information content (AvgIpc) is 1.94. The summed E-state index contributed by atoms with van der Waals surface area (Å²) in [5, 5.41) is 0. The number of rotatable bonds is 0. The van der Waals surface area contributed by atoms with E-state index in [1.165, 1.54) is 6.54 Å². The predicted molar refractivity (Wildman–Crippen MR) is 79.3 cm³/mol. The normalized spacial score (nSPS) is 34.0. The molecule has 0 saturated carbocycles. The van der Waals surface area contributed by atoms with Crippen LogP contribution in [0.1, 0.15) is 55.4 Å². The Kier molecular flexibility index (Phi) is 3.78. The van der Waals surface area contributed by atoms with E-state index in [-0.39, 0.29) is 16.5 Å². The molecule has 1 fully saturated rings. The zero-order valence-electron chi connectivity index (χ0n) is 13.4. The van der Waals surface area contributed by atoms with Crippen molar-refractivity contribution in [3.63, 3.8) is 0 Å². The molecule has 0 N–H and O–H groups in total. The SMILES string of the molecule is B[C@]1(C)CN(C(C)(C)C)CC(C)N1C(C)(C)C. The zero-order valence-corrected chi connectivity index (χ0v) is 13.4. The summed E-state index contributed by atoms with van der Waals surface area (Å²) in [6.45, 7) is 21.0. The lowest BCUT2D eigenvalue weighted by atomic mass is 9.71. The van der Waals surface area contributed by atoms with E-state index in [0.717, 1.165) is 6.54 Å². The fourth-order valence-electron chi connectivity index (χ4n) is 3.69. The molecule has 1 saturated heterocycles. The van der Waals surface area contributed by atoms with E-state index >= 15 is 0 Å². The van der Waals surface area contributed by atoms with Crippen molar-refractivity contribution in [1.29, 1.82) is 0 Å². The smallest absolute Gasteiger partial charge is 0.129 e. The summed E-state index contributed by atoms with van der Waals surface area (Å²) in [5.41, 5.74) is 0.756. The Morgan fingerprint density at radius 3 is 1.82 bits per heavy atom. The second kappa shape index (κ2) is 4.27. The standard InChI is InChI=1S/C14H31BN2/c1-11-9-16(12(2,3)4)10-14(8,15)17(11)13(5,6)7/h11H,9-10,15H2,1-8H3/t11?,14-/m0/s1. The fourth-order valence-corrected chi connectivity index (χ4v) is 3.69. The fraction of sp³-hybridized carbons (Fsp3) is 1.00. The molecule has 1 heterocycles. The van der Waals surface area contributed by atoms with Crippen LogP contribution in [-0.4, -0.2) is 53.3 Å². The maximum atomic E-state index is 2.68. The Bertz CT molecular complexity index is 273. The third-order valence-electron chi connectivity index (χ3n) is 3.83. The Morgan fingerprint density at radius 2 is 1.53 bits per heavy atom. The van der Waals surface area contributed by atoms with Gasteiger partial charge >= 0.3 is 0 Å². The van der Waals surface area contributed by atoms with E-state index < -0.39 is 0 Å². The highest BCUT2D eigenvalue weighted by atomic mass is 15.4. The topological polar surface area (TPSA) is 6.48 Å². The molecule has 0 aromatic heterocycles. The first kappa shape index (κ1) is 15.0. The maximum Gasteiger partial charge on any atom is 0.129 e. The molecule has 100 valence electrons. The van der Waals surface area contributed by atoms with Crippen LogP contribution in [0.25, 0.3) is 0 Å². The Balaban J connectivity index is 2.97. The van der Waals surface area contributed by atoms with E-state index in [9.17, 15) is 0 Å². The van der Waals surface area contributed by atoms with Crippen LogP contribution < -0.4 is 0 Å². The van der Waals surface area contributed by atoms with Crippen LogP contribution in [0.2, 0.25) is 0 Å². The second-order valence-corrected chi connectivity index (χ2v) is 8.25. The van der Waals surface area contributed by atoms with Gasteiger partial charge in [-0.2, -0.15) is 0 Å². The lowest BCUT2D eigenvalue weighted by Gasteiger charge is -2.59. The molecule has 17 heavy (non-hydrogen) atoms. The average molecular weight is 238 g/mol. The summed E-state index contributed by atoms with van der Waals surface area (Å²) in [4.78, 5) is 5.31. The highest BCUT2D eigenvalue weighted by Gasteiger charge is 2.45. The minimum atomic E-state index is 0.239. The van der Waals surface area contributed by atoms with Gasteiger partial charge in [-0.1, -0.05) is 6.92 Å². The van der Waals surface area contributed by atoms with Crippen molar-refractivity contribution in [3.8, 4) is 0 Å². The summed E-state index contributed by atoms with van der Waals surface area (Å²) >= 11 is 0. The lowest BCUT2D eigenvalue weighted by molar-refractivity contribution is -0.0683. The van der Waals surface area contributed by atoms with Gasteiger partial charge in [-0.3, -0.25) is 9.80 Å². The van der Waals surface area contributed by atoms with E-state index in [2.05, 4.69) is 73.0 Å². The van der Waals surface area contributed by atoms with Crippen LogP contribution in [0, 0.1) is 0 Å². The van der Waals surface area contributed by atoms with Gasteiger partial charge in [0.1, 0.15) is 7.85 Å². The first-order chi connectivity index (χ1) is 7.36. The minimum Gasteiger partial charge on any atom is -0.296 e. The molecule has 1 rings (SSSR count). The highest BCUT2D eigenvalue weighted by molar-refractivity contribution is 6.15. The molecule has 1 aliphatic rings. The third kappa shape index (κ3) is 3.26. The van der Waals surface area contributed by atoms with Gasteiger partial charge in [0.05, 0.1) is 0 Å². The predicted octanol–water partition coefficient (Wildman–Crippen LogP) is 1.94. The van der Waals surface area contributed by atoms with Crippen molar-refractivity contribution in [1.82, 2.24) is 9.80 Å². The zero-order chi connectivity index (χ0) is 13.6. The van der Waals surface area contributed by atoms with Gasteiger partial charge in [-0.05, 0) is 53.9 Å². The summed E-state index contributed by atoms with van der Waals surface area (Å²) in [6, 6.07) is 0.609. The first-order valence-corrected chi connectivity index (χ1v) is 6.90. The summed E-state index contributed by atoms with van der Waals surface area (Å²) in [5.74, 6) is 0. The van der Waals surface area contributed by atoms with Crippen molar-refractivity contribution >= 4 is 7.85 Å². The van der Waals surface area contributed by atoms with Crippen molar-refractivity contribution in [3.05, 3.63) is 0 Å². The second-order valence-electron chi connectivity index (χ2n) is 8.25. The van der Waals surface area contributed by atoms with Gasteiger partial charge in [0, 0.05) is 30.2 Å². The van der Waals surface area contributed by atoms with Crippen molar-refractivity contribution < 1.29 is 0 Å². The van der Waals surface area contributed by atoms with Crippen LogP contribution in [0.15, 0.2) is 0 Å². The minimum absolute atomic E-state index is 0.239. The Morgan fingerprint density at radius 1 is 1.06 bits per heavy atom. The highest BCUT2D eigenvalue weighted by Crippen LogP contribution is 2.33. The Labute approximate surface area is 109 Å². The number of nitrogens with zero attached hydrogens (tertiary/aromatic N) is 2. The van der Waals surface area contributed by atoms with Gasteiger partial charge < -0.3 is 0 Å². The molecular weight excluding hydrogens is 207 g/mol.